The Labute approximate surface area is 206 Å². The smallest absolute Gasteiger partial charge is 0.243 e. The summed E-state index contributed by atoms with van der Waals surface area (Å²) < 4.78 is 6.16. The van der Waals surface area contributed by atoms with Gasteiger partial charge in [-0.05, 0) is 68.5 Å². The molecule has 7 nitrogen and oxygen atoms in total. The van der Waals surface area contributed by atoms with Crippen molar-refractivity contribution < 1.29 is 19.1 Å². The van der Waals surface area contributed by atoms with Gasteiger partial charge in [0.2, 0.25) is 11.8 Å². The minimum Gasteiger partial charge on any atom is -0.487 e. The number of carbonyl (C=O) groups is 3. The van der Waals surface area contributed by atoms with Crippen LogP contribution in [0.3, 0.4) is 0 Å². The molecule has 0 unspecified atom stereocenters. The van der Waals surface area contributed by atoms with Crippen molar-refractivity contribution in [3.63, 3.8) is 0 Å². The van der Waals surface area contributed by atoms with Crippen molar-refractivity contribution in [2.45, 2.75) is 82.4 Å². The molecule has 186 valence electrons. The van der Waals surface area contributed by atoms with Gasteiger partial charge in [-0.3, -0.25) is 19.3 Å². The first-order valence-electron chi connectivity index (χ1n) is 13.1. The van der Waals surface area contributed by atoms with E-state index in [1.807, 2.05) is 37.9 Å². The number of piperidine rings is 2. The highest BCUT2D eigenvalue weighted by Crippen LogP contribution is 2.72. The third kappa shape index (κ3) is 2.11. The van der Waals surface area contributed by atoms with Gasteiger partial charge >= 0.3 is 0 Å². The van der Waals surface area contributed by atoms with Gasteiger partial charge in [0.15, 0.2) is 5.78 Å². The number of ketones is 1. The van der Waals surface area contributed by atoms with Crippen molar-refractivity contribution in [1.29, 1.82) is 0 Å². The Morgan fingerprint density at radius 1 is 1.11 bits per heavy atom. The van der Waals surface area contributed by atoms with E-state index in [-0.39, 0.29) is 29.9 Å². The maximum absolute atomic E-state index is 14.1. The maximum atomic E-state index is 14.1. The van der Waals surface area contributed by atoms with Gasteiger partial charge in [-0.15, -0.1) is 0 Å². The number of rotatable bonds is 0. The summed E-state index contributed by atoms with van der Waals surface area (Å²) in [6, 6.07) is 3.89. The van der Waals surface area contributed by atoms with E-state index in [0.717, 1.165) is 31.5 Å². The van der Waals surface area contributed by atoms with Crippen LogP contribution in [0, 0.1) is 17.3 Å². The molecule has 1 N–H and O–H groups in total. The Kier molecular flexibility index (Phi) is 3.70. The molecule has 0 aromatic heterocycles. The van der Waals surface area contributed by atoms with E-state index in [0.29, 0.717) is 29.3 Å². The fourth-order valence-electron chi connectivity index (χ4n) is 9.46. The van der Waals surface area contributed by atoms with Crippen LogP contribution in [0.4, 0.5) is 5.69 Å². The zero-order valence-corrected chi connectivity index (χ0v) is 21.6. The average molecular weight is 478 g/mol. The van der Waals surface area contributed by atoms with Crippen molar-refractivity contribution in [2.75, 3.05) is 25.5 Å². The molecule has 5 atom stereocenters. The highest BCUT2D eigenvalue weighted by Gasteiger charge is 2.80. The number of benzene rings is 1. The Hall–Kier alpha value is -2.41. The topological polar surface area (TPSA) is 79.0 Å². The number of hydrogen-bond donors (Lipinski definition) is 1. The fourth-order valence-corrected chi connectivity index (χ4v) is 9.46. The molecule has 7 heteroatoms. The van der Waals surface area contributed by atoms with Gasteiger partial charge in [-0.2, -0.15) is 0 Å². The zero-order chi connectivity index (χ0) is 24.9. The second-order valence-corrected chi connectivity index (χ2v) is 13.3. The molecule has 35 heavy (non-hydrogen) atoms. The van der Waals surface area contributed by atoms with E-state index in [1.165, 1.54) is 0 Å². The number of Topliss-reactive ketones (excluding diaryl/α,β-unsaturated/α-hetero) is 1. The number of nitrogens with zero attached hydrogens (tertiary/aromatic N) is 2. The Morgan fingerprint density at radius 2 is 1.86 bits per heavy atom. The van der Waals surface area contributed by atoms with Crippen molar-refractivity contribution >= 4 is 23.3 Å². The van der Waals surface area contributed by atoms with Gasteiger partial charge in [-0.25, -0.2) is 0 Å². The number of ether oxygens (including phenoxy) is 1. The molecule has 5 fully saturated rings. The molecular formula is C28H35N3O4. The standard InChI is InChI=1S/C28H35N3O4/c1-15-9-10-31-14-26-13-27(25(4,5)19(26)12-28(15,31)23(34)30(26)6)16-7-8-18-20(21(16)29-22(27)33)17(32)11-24(2,3)35-18/h7-8,15,19H,9-14H2,1-6H3,(H,29,33)/t15-,19+,26+,27+,28-/m1/s1. The lowest BCUT2D eigenvalue weighted by Crippen LogP contribution is -2.79. The molecule has 2 amide bonds. The summed E-state index contributed by atoms with van der Waals surface area (Å²) in [5.41, 5.74) is -0.575. The molecule has 3 spiro atoms. The number of nitrogens with one attached hydrogen (secondary N) is 1. The highest BCUT2D eigenvalue weighted by atomic mass is 16.5. The van der Waals surface area contributed by atoms with Gasteiger partial charge in [0, 0.05) is 13.6 Å². The lowest BCUT2D eigenvalue weighted by molar-refractivity contribution is -0.189. The number of amides is 2. The normalized spacial score (nSPS) is 42.0. The van der Waals surface area contributed by atoms with Crippen LogP contribution in [-0.4, -0.2) is 64.2 Å². The van der Waals surface area contributed by atoms with Crippen LogP contribution in [0.15, 0.2) is 12.1 Å². The Bertz CT molecular complexity index is 1250. The van der Waals surface area contributed by atoms with Crippen molar-refractivity contribution in [3.8, 4) is 5.75 Å². The molecule has 1 aromatic rings. The van der Waals surface area contributed by atoms with Gasteiger partial charge in [-0.1, -0.05) is 26.8 Å². The lowest BCUT2D eigenvalue weighted by Gasteiger charge is -2.65. The summed E-state index contributed by atoms with van der Waals surface area (Å²) in [5.74, 6) is 1.25. The van der Waals surface area contributed by atoms with E-state index < -0.39 is 27.5 Å². The summed E-state index contributed by atoms with van der Waals surface area (Å²) in [5, 5.41) is 3.16. The Morgan fingerprint density at radius 3 is 2.60 bits per heavy atom. The molecule has 4 saturated heterocycles. The highest BCUT2D eigenvalue weighted by molar-refractivity contribution is 6.15. The first kappa shape index (κ1) is 21.8. The number of hydrogen-bond acceptors (Lipinski definition) is 5. The largest absolute Gasteiger partial charge is 0.487 e. The minimum absolute atomic E-state index is 0.0124. The summed E-state index contributed by atoms with van der Waals surface area (Å²) in [7, 11) is 1.97. The van der Waals surface area contributed by atoms with Gasteiger partial charge in [0.1, 0.15) is 16.9 Å². The van der Waals surface area contributed by atoms with E-state index in [1.54, 1.807) is 0 Å². The number of anilines is 1. The Balaban J connectivity index is 1.43. The van der Waals surface area contributed by atoms with E-state index >= 15 is 0 Å². The zero-order valence-electron chi connectivity index (χ0n) is 21.6. The molecule has 1 saturated carbocycles. The number of carbonyl (C=O) groups excluding carboxylic acids is 3. The van der Waals surface area contributed by atoms with Crippen LogP contribution in [-0.2, 0) is 15.0 Å². The maximum Gasteiger partial charge on any atom is 0.243 e. The SMILES string of the molecule is C[C@@H]1CCN2C[C@@]34C[C@]5(C(=O)Nc6c5ccc5c6C(=O)CC(C)(C)O5)C(C)(C)[C@@H]3C[C@]12C(=O)N4C. The van der Waals surface area contributed by atoms with E-state index in [4.69, 9.17) is 4.74 Å². The van der Waals surface area contributed by atoms with Gasteiger partial charge in [0.25, 0.3) is 0 Å². The monoisotopic (exact) mass is 477 g/mol. The van der Waals surface area contributed by atoms with Crippen molar-refractivity contribution in [1.82, 2.24) is 9.80 Å². The number of likely N-dealkylation sites (N-methyl/N-ethyl adjacent to an activating group) is 1. The van der Waals surface area contributed by atoms with E-state index in [9.17, 15) is 14.4 Å². The second kappa shape index (κ2) is 5.93. The second-order valence-electron chi connectivity index (χ2n) is 13.3. The molecular weight excluding hydrogens is 442 g/mol. The van der Waals surface area contributed by atoms with Crippen LogP contribution < -0.4 is 10.1 Å². The first-order valence-corrected chi connectivity index (χ1v) is 13.1. The van der Waals surface area contributed by atoms with Crippen LogP contribution in [0.1, 0.15) is 76.2 Å². The summed E-state index contributed by atoms with van der Waals surface area (Å²) >= 11 is 0. The van der Waals surface area contributed by atoms with Crippen LogP contribution in [0.5, 0.6) is 5.75 Å². The average Bonchev–Trinajstić information content (AvgIpc) is 3.32. The molecule has 6 heterocycles. The van der Waals surface area contributed by atoms with Crippen LogP contribution in [0.2, 0.25) is 0 Å². The van der Waals surface area contributed by atoms with E-state index in [2.05, 4.69) is 31.0 Å². The summed E-state index contributed by atoms with van der Waals surface area (Å²) in [6.07, 6.45) is 2.71. The van der Waals surface area contributed by atoms with Crippen LogP contribution >= 0.6 is 0 Å². The molecule has 7 aliphatic rings. The molecule has 1 aliphatic carbocycles. The molecule has 1 aromatic carbocycles. The minimum atomic E-state index is -0.807. The van der Waals surface area contributed by atoms with Gasteiger partial charge < -0.3 is 15.0 Å². The van der Waals surface area contributed by atoms with Crippen molar-refractivity contribution in [3.05, 3.63) is 23.3 Å². The quantitative estimate of drug-likeness (QED) is 0.620. The van der Waals surface area contributed by atoms with Crippen molar-refractivity contribution in [2.24, 2.45) is 17.3 Å². The third-order valence-electron chi connectivity index (χ3n) is 11.2. The number of piperazine rings is 1. The predicted molar refractivity (Wildman–Crippen MR) is 130 cm³/mol. The first-order chi connectivity index (χ1) is 16.3. The molecule has 0 radical (unpaired) electrons. The van der Waals surface area contributed by atoms with Gasteiger partial charge in [0.05, 0.1) is 28.6 Å². The lowest BCUT2D eigenvalue weighted by atomic mass is 9.56. The summed E-state index contributed by atoms with van der Waals surface area (Å²) in [4.78, 5) is 45.8. The van der Waals surface area contributed by atoms with Crippen LogP contribution in [0.25, 0.3) is 0 Å². The fraction of sp³-hybridized carbons (Fsp3) is 0.679. The predicted octanol–water partition coefficient (Wildman–Crippen LogP) is 3.36. The molecule has 8 rings (SSSR count). The summed E-state index contributed by atoms with van der Waals surface area (Å²) in [6.45, 7) is 12.3. The third-order valence-corrected chi connectivity index (χ3v) is 11.2. The number of fused-ring (bicyclic) bond motifs is 5. The molecule has 2 bridgehead atoms. The molecule has 6 aliphatic heterocycles.